The van der Waals surface area contributed by atoms with Crippen LogP contribution in [0.2, 0.25) is 0 Å². The highest BCUT2D eigenvalue weighted by atomic mass is 32.2. The van der Waals surface area contributed by atoms with Crippen molar-refractivity contribution >= 4 is 26.7 Å². The molecule has 0 radical (unpaired) electrons. The summed E-state index contributed by atoms with van der Waals surface area (Å²) in [6.45, 7) is 1.72. The molecule has 0 bridgehead atoms. The SMILES string of the molecule is Cc1cc(S(=O)(=O)NC2CCCC2O)ccc1-c1ccc2[nH]nc(N)c2c1F. The van der Waals surface area contributed by atoms with Crippen LogP contribution in [0.15, 0.2) is 35.2 Å². The lowest BCUT2D eigenvalue weighted by atomic mass is 9.98. The van der Waals surface area contributed by atoms with Gasteiger partial charge in [0.2, 0.25) is 10.0 Å². The molecule has 1 aromatic heterocycles. The van der Waals surface area contributed by atoms with Crippen molar-refractivity contribution in [2.45, 2.75) is 43.2 Å². The lowest BCUT2D eigenvalue weighted by molar-refractivity contribution is 0.159. The van der Waals surface area contributed by atoms with Crippen LogP contribution >= 0.6 is 0 Å². The van der Waals surface area contributed by atoms with Crippen LogP contribution < -0.4 is 10.5 Å². The van der Waals surface area contributed by atoms with Gasteiger partial charge in [-0.3, -0.25) is 5.10 Å². The second-order valence-electron chi connectivity index (χ2n) is 7.16. The number of anilines is 1. The van der Waals surface area contributed by atoms with E-state index in [1.54, 1.807) is 25.1 Å². The molecule has 0 aliphatic heterocycles. The number of aromatic nitrogens is 2. The van der Waals surface area contributed by atoms with E-state index < -0.39 is 28.0 Å². The summed E-state index contributed by atoms with van der Waals surface area (Å²) < 4.78 is 42.9. The van der Waals surface area contributed by atoms with Crippen molar-refractivity contribution < 1.29 is 17.9 Å². The van der Waals surface area contributed by atoms with Crippen molar-refractivity contribution in [1.29, 1.82) is 0 Å². The molecule has 28 heavy (non-hydrogen) atoms. The van der Waals surface area contributed by atoms with Crippen molar-refractivity contribution in [3.63, 3.8) is 0 Å². The number of aliphatic hydroxyl groups excluding tert-OH is 1. The molecule has 0 amide bonds. The molecule has 4 rings (SSSR count). The van der Waals surface area contributed by atoms with E-state index in [9.17, 15) is 17.9 Å². The first-order valence-corrected chi connectivity index (χ1v) is 10.5. The molecule has 2 unspecified atom stereocenters. The molecule has 1 aliphatic carbocycles. The Morgan fingerprint density at radius 3 is 2.68 bits per heavy atom. The fraction of sp³-hybridized carbons (Fsp3) is 0.316. The number of nitrogens with zero attached hydrogens (tertiary/aromatic N) is 1. The number of rotatable bonds is 4. The molecule has 3 aromatic rings. The van der Waals surface area contributed by atoms with E-state index in [-0.39, 0.29) is 16.1 Å². The number of fused-ring (bicyclic) bond motifs is 1. The van der Waals surface area contributed by atoms with Crippen LogP contribution in [-0.4, -0.2) is 35.9 Å². The van der Waals surface area contributed by atoms with Gasteiger partial charge in [-0.1, -0.05) is 6.07 Å². The molecular weight excluding hydrogens is 383 g/mol. The van der Waals surface area contributed by atoms with Crippen molar-refractivity contribution in [2.24, 2.45) is 0 Å². The van der Waals surface area contributed by atoms with Gasteiger partial charge < -0.3 is 10.8 Å². The Kier molecular flexibility index (Phi) is 4.60. The normalized spacial score (nSPS) is 20.1. The minimum absolute atomic E-state index is 0.0746. The molecular formula is C19H21FN4O3S. The summed E-state index contributed by atoms with van der Waals surface area (Å²) in [7, 11) is -3.78. The van der Waals surface area contributed by atoms with Crippen molar-refractivity contribution in [3.8, 4) is 11.1 Å². The summed E-state index contributed by atoms with van der Waals surface area (Å²) in [6, 6.07) is 7.34. The third-order valence-electron chi connectivity index (χ3n) is 5.28. The van der Waals surface area contributed by atoms with Crippen molar-refractivity contribution in [3.05, 3.63) is 41.7 Å². The summed E-state index contributed by atoms with van der Waals surface area (Å²) in [5, 5.41) is 16.6. The number of sulfonamides is 1. The fourth-order valence-electron chi connectivity index (χ4n) is 3.75. The van der Waals surface area contributed by atoms with Crippen molar-refractivity contribution in [2.75, 3.05) is 5.73 Å². The van der Waals surface area contributed by atoms with Crippen LogP contribution in [0.4, 0.5) is 10.2 Å². The largest absolute Gasteiger partial charge is 0.391 e. The quantitative estimate of drug-likeness (QED) is 0.532. The smallest absolute Gasteiger partial charge is 0.240 e. The van der Waals surface area contributed by atoms with Gasteiger partial charge in [-0.05, 0) is 61.6 Å². The van der Waals surface area contributed by atoms with E-state index in [4.69, 9.17) is 5.73 Å². The second kappa shape index (κ2) is 6.84. The minimum Gasteiger partial charge on any atom is -0.391 e. The average molecular weight is 404 g/mol. The summed E-state index contributed by atoms with van der Waals surface area (Å²) in [5.41, 5.74) is 7.73. The zero-order chi connectivity index (χ0) is 20.1. The number of nitrogens with two attached hydrogens (primary N) is 1. The van der Waals surface area contributed by atoms with E-state index >= 15 is 0 Å². The van der Waals surface area contributed by atoms with Crippen molar-refractivity contribution in [1.82, 2.24) is 14.9 Å². The molecule has 2 atom stereocenters. The number of halogens is 1. The van der Waals surface area contributed by atoms with Gasteiger partial charge in [0, 0.05) is 11.6 Å². The molecule has 5 N–H and O–H groups in total. The number of aliphatic hydroxyl groups is 1. The maximum absolute atomic E-state index is 15.0. The second-order valence-corrected chi connectivity index (χ2v) is 8.88. The number of nitrogen functional groups attached to an aromatic ring is 1. The number of hydrogen-bond donors (Lipinski definition) is 4. The van der Waals surface area contributed by atoms with Crippen LogP contribution in [0, 0.1) is 12.7 Å². The zero-order valence-electron chi connectivity index (χ0n) is 15.2. The number of benzene rings is 2. The summed E-state index contributed by atoms with van der Waals surface area (Å²) >= 11 is 0. The maximum Gasteiger partial charge on any atom is 0.240 e. The van der Waals surface area contributed by atoms with Crippen LogP contribution in [-0.2, 0) is 10.0 Å². The zero-order valence-corrected chi connectivity index (χ0v) is 16.1. The molecule has 1 heterocycles. The van der Waals surface area contributed by atoms with Crippen LogP contribution in [0.3, 0.4) is 0 Å². The molecule has 7 nitrogen and oxygen atoms in total. The van der Waals surface area contributed by atoms with Gasteiger partial charge >= 0.3 is 0 Å². The Morgan fingerprint density at radius 2 is 2.00 bits per heavy atom. The summed E-state index contributed by atoms with van der Waals surface area (Å²) in [5.74, 6) is -0.430. The van der Waals surface area contributed by atoms with Gasteiger partial charge in [0.15, 0.2) is 5.82 Å². The van der Waals surface area contributed by atoms with Gasteiger partial charge in [0.1, 0.15) is 5.82 Å². The number of aromatic amines is 1. The Morgan fingerprint density at radius 1 is 1.25 bits per heavy atom. The number of nitrogens with one attached hydrogen (secondary N) is 2. The fourth-order valence-corrected chi connectivity index (χ4v) is 5.14. The van der Waals surface area contributed by atoms with Crippen LogP contribution in [0.25, 0.3) is 22.0 Å². The highest BCUT2D eigenvalue weighted by Crippen LogP contribution is 2.33. The molecule has 0 saturated heterocycles. The van der Waals surface area contributed by atoms with E-state index in [1.165, 1.54) is 12.1 Å². The van der Waals surface area contributed by atoms with Crippen LogP contribution in [0.5, 0.6) is 0 Å². The molecule has 0 spiro atoms. The van der Waals surface area contributed by atoms with Gasteiger partial charge in [-0.15, -0.1) is 0 Å². The Bertz CT molecular complexity index is 1160. The molecule has 148 valence electrons. The van der Waals surface area contributed by atoms with E-state index in [1.807, 2.05) is 0 Å². The lowest BCUT2D eigenvalue weighted by Gasteiger charge is -2.17. The maximum atomic E-state index is 15.0. The third-order valence-corrected chi connectivity index (χ3v) is 6.77. The predicted octanol–water partition coefficient (Wildman–Crippen LogP) is 2.45. The number of hydrogen-bond acceptors (Lipinski definition) is 5. The summed E-state index contributed by atoms with van der Waals surface area (Å²) in [4.78, 5) is 0.0807. The predicted molar refractivity (Wildman–Crippen MR) is 105 cm³/mol. The average Bonchev–Trinajstić information content (AvgIpc) is 3.22. The van der Waals surface area contributed by atoms with Crippen LogP contribution in [0.1, 0.15) is 24.8 Å². The number of H-pyrrole nitrogens is 1. The Labute approximate surface area is 161 Å². The number of aryl methyl sites for hydroxylation is 1. The topological polar surface area (TPSA) is 121 Å². The first-order chi connectivity index (χ1) is 13.3. The first-order valence-electron chi connectivity index (χ1n) is 9.01. The Hall–Kier alpha value is -2.49. The lowest BCUT2D eigenvalue weighted by Crippen LogP contribution is -2.39. The summed E-state index contributed by atoms with van der Waals surface area (Å²) in [6.07, 6.45) is 1.31. The van der Waals surface area contributed by atoms with E-state index in [2.05, 4.69) is 14.9 Å². The monoisotopic (exact) mass is 404 g/mol. The molecule has 1 saturated carbocycles. The standard InChI is InChI=1S/C19H21FN4O3S/c1-10-9-11(28(26,27)24-14-3-2-4-16(14)25)5-6-12(10)13-7-8-15-17(18(13)20)19(21)23-22-15/h5-9,14,16,24-25H,2-4H2,1H3,(H3,21,22,23). The first kappa shape index (κ1) is 18.9. The highest BCUT2D eigenvalue weighted by molar-refractivity contribution is 7.89. The Balaban J connectivity index is 1.70. The van der Waals surface area contributed by atoms with E-state index in [0.29, 0.717) is 35.0 Å². The molecule has 2 aromatic carbocycles. The minimum atomic E-state index is -3.78. The van der Waals surface area contributed by atoms with Gasteiger partial charge in [-0.2, -0.15) is 5.10 Å². The molecule has 9 heteroatoms. The van der Waals surface area contributed by atoms with Gasteiger partial charge in [0.05, 0.1) is 21.9 Å². The molecule has 1 fully saturated rings. The highest BCUT2D eigenvalue weighted by Gasteiger charge is 2.30. The van der Waals surface area contributed by atoms with Gasteiger partial charge in [0.25, 0.3) is 0 Å². The third kappa shape index (κ3) is 3.15. The molecule has 1 aliphatic rings. The van der Waals surface area contributed by atoms with Gasteiger partial charge in [-0.25, -0.2) is 17.5 Å². The van der Waals surface area contributed by atoms with E-state index in [0.717, 1.165) is 6.42 Å².